The van der Waals surface area contributed by atoms with Crippen LogP contribution in [0.1, 0.15) is 39.7 Å². The second kappa shape index (κ2) is 11.8. The number of benzene rings is 1. The van der Waals surface area contributed by atoms with Gasteiger partial charge in [0, 0.05) is 0 Å². The van der Waals surface area contributed by atoms with Crippen LogP contribution < -0.4 is 10.6 Å². The number of carbonyl (C=O) groups excluding carboxylic acids is 3. The van der Waals surface area contributed by atoms with Gasteiger partial charge in [0.2, 0.25) is 5.91 Å². The SMILES string of the molecule is C/C=C/COC(=O)CNC(=O)[C@H](CCc1ccccc1)NC(=O)OC(C)(C)C. The molecule has 0 heterocycles. The van der Waals surface area contributed by atoms with Gasteiger partial charge in [-0.05, 0) is 46.1 Å². The van der Waals surface area contributed by atoms with Crippen LogP contribution in [0.3, 0.4) is 0 Å². The molecule has 0 radical (unpaired) electrons. The van der Waals surface area contributed by atoms with Crippen LogP contribution in [0, 0.1) is 0 Å². The molecule has 2 amide bonds. The summed E-state index contributed by atoms with van der Waals surface area (Å²) >= 11 is 0. The number of aryl methyl sites for hydroxylation is 1. The van der Waals surface area contributed by atoms with Crippen LogP contribution in [0.15, 0.2) is 42.5 Å². The lowest BCUT2D eigenvalue weighted by Gasteiger charge is -2.23. The number of esters is 1. The van der Waals surface area contributed by atoms with Gasteiger partial charge in [0.1, 0.15) is 24.8 Å². The van der Waals surface area contributed by atoms with E-state index in [2.05, 4.69) is 10.6 Å². The summed E-state index contributed by atoms with van der Waals surface area (Å²) in [7, 11) is 0. The van der Waals surface area contributed by atoms with Gasteiger partial charge in [0.05, 0.1) is 0 Å². The minimum atomic E-state index is -0.835. The predicted octanol–water partition coefficient (Wildman–Crippen LogP) is 2.75. The van der Waals surface area contributed by atoms with Gasteiger partial charge in [0.25, 0.3) is 0 Å². The fraction of sp³-hybridized carbons (Fsp3) is 0.476. The number of allylic oxidation sites excluding steroid dienone is 1. The van der Waals surface area contributed by atoms with E-state index in [0.29, 0.717) is 12.8 Å². The molecular formula is C21H30N2O5. The van der Waals surface area contributed by atoms with Gasteiger partial charge < -0.3 is 20.1 Å². The number of carbonyl (C=O) groups is 3. The number of ether oxygens (including phenoxy) is 2. The Morgan fingerprint density at radius 3 is 2.43 bits per heavy atom. The average molecular weight is 390 g/mol. The van der Waals surface area contributed by atoms with E-state index in [9.17, 15) is 14.4 Å². The Hall–Kier alpha value is -2.83. The number of rotatable bonds is 9. The Morgan fingerprint density at radius 2 is 1.82 bits per heavy atom. The van der Waals surface area contributed by atoms with Gasteiger partial charge >= 0.3 is 12.1 Å². The van der Waals surface area contributed by atoms with E-state index in [1.807, 2.05) is 37.3 Å². The highest BCUT2D eigenvalue weighted by atomic mass is 16.6. The molecule has 0 fully saturated rings. The van der Waals surface area contributed by atoms with Crippen molar-refractivity contribution in [1.29, 1.82) is 0 Å². The third-order valence-corrected chi connectivity index (χ3v) is 3.56. The molecule has 154 valence electrons. The van der Waals surface area contributed by atoms with E-state index >= 15 is 0 Å². The van der Waals surface area contributed by atoms with Crippen molar-refractivity contribution < 1.29 is 23.9 Å². The maximum absolute atomic E-state index is 12.5. The molecule has 1 atom stereocenters. The molecule has 1 rings (SSSR count). The average Bonchev–Trinajstić information content (AvgIpc) is 2.62. The molecule has 0 saturated heterocycles. The van der Waals surface area contributed by atoms with Crippen LogP contribution in [0.25, 0.3) is 0 Å². The summed E-state index contributed by atoms with van der Waals surface area (Å²) in [5.74, 6) is -1.02. The van der Waals surface area contributed by atoms with Crippen molar-refractivity contribution >= 4 is 18.0 Å². The molecule has 7 heteroatoms. The van der Waals surface area contributed by atoms with Gasteiger partial charge in [-0.1, -0.05) is 42.5 Å². The van der Waals surface area contributed by atoms with Crippen molar-refractivity contribution in [2.45, 2.75) is 52.2 Å². The first-order chi connectivity index (χ1) is 13.2. The topological polar surface area (TPSA) is 93.7 Å². The highest BCUT2D eigenvalue weighted by Crippen LogP contribution is 2.09. The van der Waals surface area contributed by atoms with Gasteiger partial charge in [-0.2, -0.15) is 0 Å². The number of hydrogen-bond acceptors (Lipinski definition) is 5. The number of hydrogen-bond donors (Lipinski definition) is 2. The highest BCUT2D eigenvalue weighted by Gasteiger charge is 2.24. The third-order valence-electron chi connectivity index (χ3n) is 3.56. The molecular weight excluding hydrogens is 360 g/mol. The van der Waals surface area contributed by atoms with Gasteiger partial charge in [-0.15, -0.1) is 0 Å². The van der Waals surface area contributed by atoms with Crippen LogP contribution in [-0.4, -0.2) is 42.8 Å². The quantitative estimate of drug-likeness (QED) is 0.499. The van der Waals surface area contributed by atoms with Crippen LogP contribution in [-0.2, 0) is 25.5 Å². The molecule has 28 heavy (non-hydrogen) atoms. The number of amides is 2. The normalized spacial score (nSPS) is 12.3. The molecule has 7 nitrogen and oxygen atoms in total. The Balaban J connectivity index is 2.65. The second-order valence-electron chi connectivity index (χ2n) is 7.19. The lowest BCUT2D eigenvalue weighted by molar-refractivity contribution is -0.143. The van der Waals surface area contributed by atoms with Gasteiger partial charge in [0.15, 0.2) is 0 Å². The largest absolute Gasteiger partial charge is 0.460 e. The first kappa shape index (κ1) is 23.2. The fourth-order valence-electron chi connectivity index (χ4n) is 2.25. The summed E-state index contributed by atoms with van der Waals surface area (Å²) in [6.45, 7) is 6.92. The number of alkyl carbamates (subject to hydrolysis) is 1. The smallest absolute Gasteiger partial charge is 0.408 e. The van der Waals surface area contributed by atoms with Crippen molar-refractivity contribution in [2.24, 2.45) is 0 Å². The Morgan fingerprint density at radius 1 is 1.14 bits per heavy atom. The van der Waals surface area contributed by atoms with Crippen LogP contribution in [0.2, 0.25) is 0 Å². The summed E-state index contributed by atoms with van der Waals surface area (Å²) in [5, 5.41) is 5.09. The van der Waals surface area contributed by atoms with E-state index in [1.54, 1.807) is 32.9 Å². The summed E-state index contributed by atoms with van der Waals surface area (Å²) in [6.07, 6.45) is 3.71. The molecule has 0 aliphatic rings. The molecule has 0 spiro atoms. The molecule has 0 saturated carbocycles. The van der Waals surface area contributed by atoms with E-state index in [1.165, 1.54) is 0 Å². The fourth-order valence-corrected chi connectivity index (χ4v) is 2.25. The predicted molar refractivity (Wildman–Crippen MR) is 107 cm³/mol. The molecule has 0 aliphatic heterocycles. The van der Waals surface area contributed by atoms with Crippen molar-refractivity contribution in [3.05, 3.63) is 48.0 Å². The Bertz CT molecular complexity index is 665. The summed E-state index contributed by atoms with van der Waals surface area (Å²) in [5.41, 5.74) is 0.360. The zero-order valence-electron chi connectivity index (χ0n) is 17.0. The van der Waals surface area contributed by atoms with E-state index in [0.717, 1.165) is 5.56 Å². The van der Waals surface area contributed by atoms with E-state index in [-0.39, 0.29) is 13.2 Å². The van der Waals surface area contributed by atoms with E-state index in [4.69, 9.17) is 9.47 Å². The van der Waals surface area contributed by atoms with Crippen molar-refractivity contribution in [1.82, 2.24) is 10.6 Å². The van der Waals surface area contributed by atoms with Crippen molar-refractivity contribution in [2.75, 3.05) is 13.2 Å². The van der Waals surface area contributed by atoms with E-state index < -0.39 is 29.6 Å². The molecule has 1 aromatic carbocycles. The minimum Gasteiger partial charge on any atom is -0.460 e. The monoisotopic (exact) mass is 390 g/mol. The number of nitrogens with one attached hydrogen (secondary N) is 2. The molecule has 0 aliphatic carbocycles. The van der Waals surface area contributed by atoms with Crippen LogP contribution >= 0.6 is 0 Å². The minimum absolute atomic E-state index is 0.152. The highest BCUT2D eigenvalue weighted by molar-refractivity contribution is 5.88. The summed E-state index contributed by atoms with van der Waals surface area (Å²) in [6, 6.07) is 8.78. The summed E-state index contributed by atoms with van der Waals surface area (Å²) in [4.78, 5) is 36.2. The first-order valence-electron chi connectivity index (χ1n) is 9.29. The standard InChI is InChI=1S/C21H30N2O5/c1-5-6-14-27-18(24)15-22-19(25)17(23-20(26)28-21(2,3)4)13-12-16-10-8-7-9-11-16/h5-11,17H,12-15H2,1-4H3,(H,22,25)(H,23,26)/b6-5+/t17-/m0/s1. The van der Waals surface area contributed by atoms with Gasteiger partial charge in [-0.25, -0.2) is 4.79 Å². The van der Waals surface area contributed by atoms with Crippen LogP contribution in [0.5, 0.6) is 0 Å². The second-order valence-corrected chi connectivity index (χ2v) is 7.19. The lowest BCUT2D eigenvalue weighted by atomic mass is 10.0. The zero-order chi connectivity index (χ0) is 21.0. The first-order valence-corrected chi connectivity index (χ1v) is 9.29. The van der Waals surface area contributed by atoms with Crippen molar-refractivity contribution in [3.8, 4) is 0 Å². The molecule has 0 bridgehead atoms. The maximum atomic E-state index is 12.5. The zero-order valence-corrected chi connectivity index (χ0v) is 17.0. The molecule has 1 aromatic rings. The summed E-state index contributed by atoms with van der Waals surface area (Å²) < 4.78 is 10.2. The third kappa shape index (κ3) is 10.4. The van der Waals surface area contributed by atoms with Crippen molar-refractivity contribution in [3.63, 3.8) is 0 Å². The van der Waals surface area contributed by atoms with Gasteiger partial charge in [-0.3, -0.25) is 9.59 Å². The maximum Gasteiger partial charge on any atom is 0.408 e. The lowest BCUT2D eigenvalue weighted by Crippen LogP contribution is -2.49. The molecule has 0 unspecified atom stereocenters. The Labute approximate surface area is 166 Å². The molecule has 2 N–H and O–H groups in total. The molecule has 0 aromatic heterocycles. The van der Waals surface area contributed by atoms with Crippen LogP contribution in [0.4, 0.5) is 4.79 Å². The Kier molecular flexibility index (Phi) is 9.78.